The van der Waals surface area contributed by atoms with Gasteiger partial charge in [-0.3, -0.25) is 4.79 Å². The van der Waals surface area contributed by atoms with Crippen molar-refractivity contribution in [1.29, 1.82) is 0 Å². The van der Waals surface area contributed by atoms with E-state index in [2.05, 4.69) is 22.0 Å². The highest BCUT2D eigenvalue weighted by Crippen LogP contribution is 2.18. The van der Waals surface area contributed by atoms with Crippen LogP contribution in [0.15, 0.2) is 83.5 Å². The normalized spacial score (nSPS) is 10.9. The standard InChI is InChI=1S/C27H28N2O3/c1-20-15-26(21(2)29(20)17-25-9-6-14-32-25)27(30)28-16-22-10-12-24(13-11-22)19-31-18-23-7-4-3-5-8-23/h3-15H,16-19H2,1-2H3,(H,28,30). The average Bonchev–Trinajstić information content (AvgIpc) is 3.43. The number of ether oxygens (including phenoxy) is 1. The molecule has 5 nitrogen and oxygen atoms in total. The van der Waals surface area contributed by atoms with Gasteiger partial charge in [-0.05, 0) is 48.7 Å². The summed E-state index contributed by atoms with van der Waals surface area (Å²) >= 11 is 0. The van der Waals surface area contributed by atoms with Gasteiger partial charge in [-0.25, -0.2) is 0 Å². The van der Waals surface area contributed by atoms with Crippen molar-refractivity contribution in [1.82, 2.24) is 9.88 Å². The minimum Gasteiger partial charge on any atom is -0.467 e. The number of furan rings is 1. The topological polar surface area (TPSA) is 56.4 Å². The highest BCUT2D eigenvalue weighted by molar-refractivity contribution is 5.95. The molecular weight excluding hydrogens is 400 g/mol. The molecule has 4 aromatic rings. The van der Waals surface area contributed by atoms with E-state index in [9.17, 15) is 4.79 Å². The molecule has 0 saturated carbocycles. The lowest BCUT2D eigenvalue weighted by Gasteiger charge is -2.09. The Morgan fingerprint density at radius 2 is 1.59 bits per heavy atom. The number of rotatable bonds is 9. The molecule has 0 spiro atoms. The fourth-order valence-corrected chi connectivity index (χ4v) is 3.72. The number of aryl methyl sites for hydroxylation is 1. The minimum atomic E-state index is -0.0703. The third-order valence-corrected chi connectivity index (χ3v) is 5.57. The molecule has 1 amide bonds. The molecule has 2 heterocycles. The lowest BCUT2D eigenvalue weighted by atomic mass is 10.1. The van der Waals surface area contributed by atoms with Gasteiger partial charge in [-0.2, -0.15) is 0 Å². The first kappa shape index (κ1) is 21.7. The Bertz CT molecular complexity index is 1140. The van der Waals surface area contributed by atoms with Crippen LogP contribution in [0.3, 0.4) is 0 Å². The zero-order valence-corrected chi connectivity index (χ0v) is 18.5. The Hall–Kier alpha value is -3.57. The first-order valence-electron chi connectivity index (χ1n) is 10.8. The summed E-state index contributed by atoms with van der Waals surface area (Å²) in [5.74, 6) is 0.797. The van der Waals surface area contributed by atoms with Crippen molar-refractivity contribution in [3.63, 3.8) is 0 Å². The highest BCUT2D eigenvalue weighted by atomic mass is 16.5. The molecular formula is C27H28N2O3. The molecule has 0 saturated heterocycles. The van der Waals surface area contributed by atoms with Gasteiger partial charge >= 0.3 is 0 Å². The maximum atomic E-state index is 12.8. The molecule has 0 aliphatic heterocycles. The maximum Gasteiger partial charge on any atom is 0.253 e. The van der Waals surface area contributed by atoms with Gasteiger partial charge in [-0.15, -0.1) is 0 Å². The Morgan fingerprint density at radius 3 is 2.28 bits per heavy atom. The second-order valence-corrected chi connectivity index (χ2v) is 7.93. The van der Waals surface area contributed by atoms with E-state index in [1.54, 1.807) is 6.26 Å². The molecule has 0 radical (unpaired) electrons. The summed E-state index contributed by atoms with van der Waals surface area (Å²) in [5, 5.41) is 3.03. The van der Waals surface area contributed by atoms with Crippen LogP contribution in [-0.2, 0) is 31.0 Å². The largest absolute Gasteiger partial charge is 0.467 e. The lowest BCUT2D eigenvalue weighted by Crippen LogP contribution is -2.23. The van der Waals surface area contributed by atoms with E-state index in [-0.39, 0.29) is 5.91 Å². The molecule has 5 heteroatoms. The van der Waals surface area contributed by atoms with E-state index >= 15 is 0 Å². The third kappa shape index (κ3) is 5.37. The predicted molar refractivity (Wildman–Crippen MR) is 124 cm³/mol. The number of amides is 1. The molecule has 0 aliphatic rings. The first-order chi connectivity index (χ1) is 15.6. The summed E-state index contributed by atoms with van der Waals surface area (Å²) in [7, 11) is 0. The molecule has 32 heavy (non-hydrogen) atoms. The maximum absolute atomic E-state index is 12.8. The van der Waals surface area contributed by atoms with Gasteiger partial charge < -0.3 is 19.0 Å². The molecule has 0 atom stereocenters. The Morgan fingerprint density at radius 1 is 0.906 bits per heavy atom. The van der Waals surface area contributed by atoms with Crippen molar-refractivity contribution in [3.05, 3.63) is 118 Å². The summed E-state index contributed by atoms with van der Waals surface area (Å²) in [6.07, 6.45) is 1.66. The van der Waals surface area contributed by atoms with Gasteiger partial charge in [0.1, 0.15) is 5.76 Å². The number of nitrogens with zero attached hydrogens (tertiary/aromatic N) is 1. The summed E-state index contributed by atoms with van der Waals surface area (Å²) in [6, 6.07) is 24.0. The van der Waals surface area contributed by atoms with E-state index in [0.717, 1.165) is 33.8 Å². The third-order valence-electron chi connectivity index (χ3n) is 5.57. The van der Waals surface area contributed by atoms with E-state index in [1.165, 1.54) is 0 Å². The molecule has 4 rings (SSSR count). The van der Waals surface area contributed by atoms with Crippen LogP contribution in [0.2, 0.25) is 0 Å². The number of hydrogen-bond acceptors (Lipinski definition) is 3. The average molecular weight is 429 g/mol. The van der Waals surface area contributed by atoms with E-state index in [0.29, 0.717) is 31.9 Å². The van der Waals surface area contributed by atoms with Gasteiger partial charge in [0.25, 0.3) is 5.91 Å². The fraction of sp³-hybridized carbons (Fsp3) is 0.222. The number of carbonyl (C=O) groups is 1. The monoisotopic (exact) mass is 428 g/mol. The predicted octanol–water partition coefficient (Wildman–Crippen LogP) is 5.39. The molecule has 2 aromatic heterocycles. The number of aromatic nitrogens is 1. The highest BCUT2D eigenvalue weighted by Gasteiger charge is 2.16. The van der Waals surface area contributed by atoms with Gasteiger partial charge in [0.05, 0.1) is 31.6 Å². The quantitative estimate of drug-likeness (QED) is 0.389. The van der Waals surface area contributed by atoms with Crippen molar-refractivity contribution in [2.24, 2.45) is 0 Å². The van der Waals surface area contributed by atoms with Crippen LogP contribution in [0, 0.1) is 13.8 Å². The zero-order valence-electron chi connectivity index (χ0n) is 18.5. The SMILES string of the molecule is Cc1cc(C(=O)NCc2ccc(COCc3ccccc3)cc2)c(C)n1Cc1ccco1. The van der Waals surface area contributed by atoms with Gasteiger partial charge in [0, 0.05) is 17.9 Å². The number of benzene rings is 2. The van der Waals surface area contributed by atoms with Crippen LogP contribution in [0.25, 0.3) is 0 Å². The van der Waals surface area contributed by atoms with Crippen LogP contribution < -0.4 is 5.32 Å². The number of hydrogen-bond donors (Lipinski definition) is 1. The van der Waals surface area contributed by atoms with Crippen LogP contribution in [-0.4, -0.2) is 10.5 Å². The first-order valence-corrected chi connectivity index (χ1v) is 10.8. The Balaban J connectivity index is 1.29. The number of carbonyl (C=O) groups excluding carboxylic acids is 1. The molecule has 2 aromatic carbocycles. The van der Waals surface area contributed by atoms with Crippen LogP contribution >= 0.6 is 0 Å². The summed E-state index contributed by atoms with van der Waals surface area (Å²) in [4.78, 5) is 12.8. The van der Waals surface area contributed by atoms with Crippen LogP contribution in [0.5, 0.6) is 0 Å². The Kier molecular flexibility index (Phi) is 6.87. The van der Waals surface area contributed by atoms with Crippen molar-refractivity contribution >= 4 is 5.91 Å². The van der Waals surface area contributed by atoms with Gasteiger partial charge in [0.2, 0.25) is 0 Å². The summed E-state index contributed by atoms with van der Waals surface area (Å²) in [6.45, 7) is 6.22. The number of nitrogens with one attached hydrogen (secondary N) is 1. The molecule has 0 fully saturated rings. The van der Waals surface area contributed by atoms with Crippen LogP contribution in [0.4, 0.5) is 0 Å². The van der Waals surface area contributed by atoms with Crippen molar-refractivity contribution < 1.29 is 13.9 Å². The molecule has 164 valence electrons. The fourth-order valence-electron chi connectivity index (χ4n) is 3.72. The van der Waals surface area contributed by atoms with E-state index in [4.69, 9.17) is 9.15 Å². The molecule has 0 bridgehead atoms. The second kappa shape index (κ2) is 10.2. The van der Waals surface area contributed by atoms with Crippen molar-refractivity contribution in [3.8, 4) is 0 Å². The van der Waals surface area contributed by atoms with Crippen molar-refractivity contribution in [2.75, 3.05) is 0 Å². The molecule has 0 unspecified atom stereocenters. The lowest BCUT2D eigenvalue weighted by molar-refractivity contribution is 0.0950. The van der Waals surface area contributed by atoms with E-state index in [1.807, 2.05) is 74.5 Å². The summed E-state index contributed by atoms with van der Waals surface area (Å²) < 4.78 is 13.3. The van der Waals surface area contributed by atoms with Gasteiger partial charge in [0.15, 0.2) is 0 Å². The zero-order chi connectivity index (χ0) is 22.3. The second-order valence-electron chi connectivity index (χ2n) is 7.93. The van der Waals surface area contributed by atoms with Gasteiger partial charge in [-0.1, -0.05) is 54.6 Å². The van der Waals surface area contributed by atoms with Crippen LogP contribution in [0.1, 0.15) is 44.2 Å². The van der Waals surface area contributed by atoms with E-state index < -0.39 is 0 Å². The molecule has 1 N–H and O–H groups in total. The molecule has 0 aliphatic carbocycles. The summed E-state index contributed by atoms with van der Waals surface area (Å²) in [5.41, 5.74) is 5.98. The smallest absolute Gasteiger partial charge is 0.253 e. The Labute approximate surface area is 188 Å². The minimum absolute atomic E-state index is 0.0703. The van der Waals surface area contributed by atoms with Crippen molar-refractivity contribution in [2.45, 2.75) is 40.2 Å².